The molecule has 1 atom stereocenters. The molecule has 1 aromatic carbocycles. The van der Waals surface area contributed by atoms with Crippen molar-refractivity contribution in [2.45, 2.75) is 32.4 Å². The molecule has 1 aliphatic rings. The van der Waals surface area contributed by atoms with Crippen molar-refractivity contribution in [3.8, 4) is 5.75 Å². The molecule has 1 aromatic rings. The molecule has 0 spiro atoms. The normalized spacial score (nSPS) is 19.7. The Morgan fingerprint density at radius 2 is 2.20 bits per heavy atom. The van der Waals surface area contributed by atoms with Gasteiger partial charge in [0.15, 0.2) is 0 Å². The van der Waals surface area contributed by atoms with Crippen molar-refractivity contribution >= 4 is 5.69 Å². The van der Waals surface area contributed by atoms with E-state index < -0.39 is 0 Å². The summed E-state index contributed by atoms with van der Waals surface area (Å²) >= 11 is 0. The van der Waals surface area contributed by atoms with Crippen molar-refractivity contribution < 1.29 is 4.74 Å². The number of ether oxygens (including phenoxy) is 1. The fourth-order valence-corrected chi connectivity index (χ4v) is 2.97. The molecule has 4 nitrogen and oxygen atoms in total. The van der Waals surface area contributed by atoms with E-state index in [0.717, 1.165) is 24.5 Å². The van der Waals surface area contributed by atoms with Crippen molar-refractivity contribution in [1.29, 1.82) is 0 Å². The lowest BCUT2D eigenvalue weighted by Gasteiger charge is -2.27. The van der Waals surface area contributed by atoms with Crippen LogP contribution in [-0.2, 0) is 6.54 Å². The molecule has 1 saturated heterocycles. The van der Waals surface area contributed by atoms with Gasteiger partial charge in [0.25, 0.3) is 0 Å². The minimum absolute atomic E-state index is 0.640. The monoisotopic (exact) mass is 277 g/mol. The van der Waals surface area contributed by atoms with E-state index in [2.05, 4.69) is 30.0 Å². The van der Waals surface area contributed by atoms with Crippen molar-refractivity contribution in [2.24, 2.45) is 0 Å². The third-order valence-electron chi connectivity index (χ3n) is 3.83. The summed E-state index contributed by atoms with van der Waals surface area (Å²) in [6, 6.07) is 6.60. The van der Waals surface area contributed by atoms with Crippen LogP contribution in [0.1, 0.15) is 25.3 Å². The fourth-order valence-electron chi connectivity index (χ4n) is 2.97. The Kier molecular flexibility index (Phi) is 5.26. The molecule has 0 aromatic heterocycles. The van der Waals surface area contributed by atoms with Gasteiger partial charge in [-0.2, -0.15) is 0 Å². The van der Waals surface area contributed by atoms with Gasteiger partial charge in [0, 0.05) is 30.4 Å². The molecule has 4 heteroatoms. The van der Waals surface area contributed by atoms with E-state index in [9.17, 15) is 0 Å². The van der Waals surface area contributed by atoms with E-state index in [4.69, 9.17) is 10.5 Å². The average molecular weight is 277 g/mol. The van der Waals surface area contributed by atoms with Crippen LogP contribution in [0.2, 0.25) is 0 Å². The summed E-state index contributed by atoms with van der Waals surface area (Å²) in [4.78, 5) is 4.82. The van der Waals surface area contributed by atoms with E-state index in [1.807, 2.05) is 19.1 Å². The zero-order chi connectivity index (χ0) is 14.5. The lowest BCUT2D eigenvalue weighted by atomic mass is 10.1. The molecule has 20 heavy (non-hydrogen) atoms. The second-order valence-corrected chi connectivity index (χ2v) is 5.83. The van der Waals surface area contributed by atoms with Gasteiger partial charge in [-0.25, -0.2) is 0 Å². The van der Waals surface area contributed by atoms with Crippen LogP contribution >= 0.6 is 0 Å². The molecule has 2 rings (SSSR count). The molecule has 0 saturated carbocycles. The third-order valence-corrected chi connectivity index (χ3v) is 3.83. The Labute approximate surface area is 122 Å². The smallest absolute Gasteiger partial charge is 0.123 e. The summed E-state index contributed by atoms with van der Waals surface area (Å²) in [5.74, 6) is 0.970. The maximum Gasteiger partial charge on any atom is 0.123 e. The van der Waals surface area contributed by atoms with Gasteiger partial charge >= 0.3 is 0 Å². The van der Waals surface area contributed by atoms with Crippen LogP contribution in [0.25, 0.3) is 0 Å². The average Bonchev–Trinajstić information content (AvgIpc) is 2.79. The summed E-state index contributed by atoms with van der Waals surface area (Å²) < 4.78 is 5.73. The Bertz CT molecular complexity index is 434. The molecule has 0 radical (unpaired) electrons. The molecule has 1 aliphatic heterocycles. The number of anilines is 1. The summed E-state index contributed by atoms with van der Waals surface area (Å²) in [5.41, 5.74) is 7.95. The quantitative estimate of drug-likeness (QED) is 0.809. The van der Waals surface area contributed by atoms with Crippen molar-refractivity contribution in [2.75, 3.05) is 39.5 Å². The largest absolute Gasteiger partial charge is 0.494 e. The number of hydrogen-bond donors (Lipinski definition) is 1. The molecule has 0 aliphatic carbocycles. The highest BCUT2D eigenvalue weighted by molar-refractivity contribution is 5.47. The van der Waals surface area contributed by atoms with Gasteiger partial charge in [-0.05, 0) is 58.6 Å². The maximum absolute atomic E-state index is 5.93. The molecule has 112 valence electrons. The van der Waals surface area contributed by atoms with Crippen LogP contribution in [0.5, 0.6) is 5.75 Å². The van der Waals surface area contributed by atoms with Gasteiger partial charge in [0.1, 0.15) is 5.75 Å². The highest BCUT2D eigenvalue weighted by Gasteiger charge is 2.25. The minimum Gasteiger partial charge on any atom is -0.494 e. The highest BCUT2D eigenvalue weighted by atomic mass is 16.5. The first-order chi connectivity index (χ1) is 9.60. The topological polar surface area (TPSA) is 41.7 Å². The summed E-state index contributed by atoms with van der Waals surface area (Å²) in [6.45, 7) is 5.92. The van der Waals surface area contributed by atoms with E-state index in [1.165, 1.54) is 24.9 Å². The number of benzene rings is 1. The van der Waals surface area contributed by atoms with Crippen LogP contribution < -0.4 is 10.5 Å². The van der Waals surface area contributed by atoms with Crippen molar-refractivity contribution in [3.05, 3.63) is 23.8 Å². The standard InChI is InChI=1S/C16H27N3O/c1-4-20-16-8-7-14(17)10-13(16)11-19-9-5-6-15(19)12-18(2)3/h7-8,10,15H,4-6,9,11-12,17H2,1-3H3. The Morgan fingerprint density at radius 1 is 1.40 bits per heavy atom. The number of rotatable bonds is 6. The molecule has 0 amide bonds. The Morgan fingerprint density at radius 3 is 2.90 bits per heavy atom. The SMILES string of the molecule is CCOc1ccc(N)cc1CN1CCCC1CN(C)C. The lowest BCUT2D eigenvalue weighted by Crippen LogP contribution is -2.37. The van der Waals surface area contributed by atoms with Gasteiger partial charge in [0.05, 0.1) is 6.61 Å². The minimum atomic E-state index is 0.640. The van der Waals surface area contributed by atoms with Crippen LogP contribution in [-0.4, -0.2) is 49.6 Å². The first kappa shape index (κ1) is 15.1. The summed E-state index contributed by atoms with van der Waals surface area (Å²) in [6.07, 6.45) is 2.56. The maximum atomic E-state index is 5.93. The van der Waals surface area contributed by atoms with Gasteiger partial charge in [0.2, 0.25) is 0 Å². The van der Waals surface area contributed by atoms with E-state index in [1.54, 1.807) is 0 Å². The van der Waals surface area contributed by atoms with Crippen molar-refractivity contribution in [3.63, 3.8) is 0 Å². The first-order valence-corrected chi connectivity index (χ1v) is 7.50. The van der Waals surface area contributed by atoms with Crippen LogP contribution in [0.3, 0.4) is 0 Å². The Hall–Kier alpha value is -1.26. The first-order valence-electron chi connectivity index (χ1n) is 7.50. The zero-order valence-electron chi connectivity index (χ0n) is 12.9. The number of nitrogens with zero attached hydrogens (tertiary/aromatic N) is 2. The van der Waals surface area contributed by atoms with Gasteiger partial charge < -0.3 is 15.4 Å². The van der Waals surface area contributed by atoms with Gasteiger partial charge in [-0.3, -0.25) is 4.90 Å². The zero-order valence-corrected chi connectivity index (χ0v) is 12.9. The highest BCUT2D eigenvalue weighted by Crippen LogP contribution is 2.27. The summed E-state index contributed by atoms with van der Waals surface area (Å²) in [5, 5.41) is 0. The second kappa shape index (κ2) is 6.95. The van der Waals surface area contributed by atoms with Gasteiger partial charge in [-0.15, -0.1) is 0 Å². The molecular weight excluding hydrogens is 250 g/mol. The number of likely N-dealkylation sites (tertiary alicyclic amines) is 1. The number of nitrogens with two attached hydrogens (primary N) is 1. The third kappa shape index (κ3) is 3.87. The van der Waals surface area contributed by atoms with Crippen LogP contribution in [0.4, 0.5) is 5.69 Å². The van der Waals surface area contributed by atoms with Crippen LogP contribution in [0.15, 0.2) is 18.2 Å². The summed E-state index contributed by atoms with van der Waals surface area (Å²) in [7, 11) is 4.28. The fraction of sp³-hybridized carbons (Fsp3) is 0.625. The number of hydrogen-bond acceptors (Lipinski definition) is 4. The van der Waals surface area contributed by atoms with Gasteiger partial charge in [-0.1, -0.05) is 0 Å². The molecule has 2 N–H and O–H groups in total. The molecular formula is C16H27N3O. The molecule has 1 fully saturated rings. The van der Waals surface area contributed by atoms with E-state index in [-0.39, 0.29) is 0 Å². The number of nitrogen functional groups attached to an aromatic ring is 1. The second-order valence-electron chi connectivity index (χ2n) is 5.83. The molecule has 1 unspecified atom stereocenters. The van der Waals surface area contributed by atoms with Crippen molar-refractivity contribution in [1.82, 2.24) is 9.80 Å². The lowest BCUT2D eigenvalue weighted by molar-refractivity contribution is 0.198. The van der Waals surface area contributed by atoms with E-state index in [0.29, 0.717) is 12.6 Å². The van der Waals surface area contributed by atoms with Crippen LogP contribution in [0, 0.1) is 0 Å². The Balaban J connectivity index is 2.10. The molecule has 1 heterocycles. The predicted octanol–water partition coefficient (Wildman–Crippen LogP) is 2.19. The predicted molar refractivity (Wildman–Crippen MR) is 84.0 cm³/mol. The van der Waals surface area contributed by atoms with E-state index >= 15 is 0 Å². The molecule has 0 bridgehead atoms. The number of likely N-dealkylation sites (N-methyl/N-ethyl adjacent to an activating group) is 1.